The van der Waals surface area contributed by atoms with Gasteiger partial charge in [-0.3, -0.25) is 14.3 Å². The largest absolute Gasteiger partial charge is 0.351 e. The van der Waals surface area contributed by atoms with Gasteiger partial charge < -0.3 is 9.88 Å². The van der Waals surface area contributed by atoms with Crippen LogP contribution >= 0.6 is 0 Å². The topological polar surface area (TPSA) is 68.9 Å². The quantitative estimate of drug-likeness (QED) is 0.796. The summed E-state index contributed by atoms with van der Waals surface area (Å²) in [6.07, 6.45) is 6.29. The van der Waals surface area contributed by atoms with Crippen LogP contribution in [0.3, 0.4) is 0 Å². The summed E-state index contributed by atoms with van der Waals surface area (Å²) in [5.74, 6) is 0.133. The van der Waals surface area contributed by atoms with E-state index < -0.39 is 0 Å². The van der Waals surface area contributed by atoms with Crippen LogP contribution in [-0.4, -0.2) is 32.1 Å². The third-order valence-corrected chi connectivity index (χ3v) is 5.53. The molecule has 2 aromatic rings. The molecule has 0 saturated carbocycles. The van der Waals surface area contributed by atoms with Crippen molar-refractivity contribution >= 4 is 11.7 Å². The Morgan fingerprint density at radius 2 is 2.11 bits per heavy atom. The van der Waals surface area contributed by atoms with Crippen LogP contribution in [0.5, 0.6) is 0 Å². The van der Waals surface area contributed by atoms with E-state index >= 15 is 0 Å². The second-order valence-electron chi connectivity index (χ2n) is 8.85. The van der Waals surface area contributed by atoms with E-state index in [1.54, 1.807) is 10.9 Å². The average molecular weight is 385 g/mol. The average Bonchev–Trinajstić information content (AvgIpc) is 3.16. The Morgan fingerprint density at radius 3 is 2.75 bits per heavy atom. The summed E-state index contributed by atoms with van der Waals surface area (Å²) in [7, 11) is 0. The monoisotopic (exact) mass is 384 g/mol. The zero-order valence-corrected chi connectivity index (χ0v) is 17.7. The zero-order valence-electron chi connectivity index (χ0n) is 17.7. The lowest BCUT2D eigenvalue weighted by Crippen LogP contribution is -2.37. The lowest BCUT2D eigenvalue weighted by molar-refractivity contribution is -0.121. The first-order valence-electron chi connectivity index (χ1n) is 10.2. The predicted octanol–water partition coefficient (Wildman–Crippen LogP) is 3.31. The smallest absolute Gasteiger partial charge is 0.224 e. The second kappa shape index (κ2) is 7.94. The minimum absolute atomic E-state index is 0.0296. The Kier molecular flexibility index (Phi) is 5.77. The van der Waals surface area contributed by atoms with Gasteiger partial charge in [0.05, 0.1) is 13.0 Å². The zero-order chi connectivity index (χ0) is 20.5. The highest BCUT2D eigenvalue weighted by Crippen LogP contribution is 2.39. The van der Waals surface area contributed by atoms with E-state index in [-0.39, 0.29) is 29.6 Å². The fourth-order valence-corrected chi connectivity index (χ4v) is 4.37. The lowest BCUT2D eigenvalue weighted by Gasteiger charge is -2.30. The number of hydrogen-bond acceptors (Lipinski definition) is 3. The van der Waals surface area contributed by atoms with Crippen molar-refractivity contribution in [3.05, 3.63) is 41.0 Å². The van der Waals surface area contributed by atoms with E-state index in [1.165, 1.54) is 0 Å². The minimum atomic E-state index is -0.0446. The molecule has 0 radical (unpaired) electrons. The maximum absolute atomic E-state index is 13.0. The van der Waals surface area contributed by atoms with Gasteiger partial charge in [0, 0.05) is 48.4 Å². The summed E-state index contributed by atoms with van der Waals surface area (Å²) in [6, 6.07) is 1.84. The summed E-state index contributed by atoms with van der Waals surface area (Å²) in [6.45, 7) is 12.0. The Hall–Kier alpha value is -2.37. The number of ketones is 1. The van der Waals surface area contributed by atoms with Crippen molar-refractivity contribution in [2.24, 2.45) is 5.41 Å². The maximum Gasteiger partial charge on any atom is 0.224 e. The number of hydrogen-bond donors (Lipinski definition) is 1. The van der Waals surface area contributed by atoms with Crippen LogP contribution in [0, 0.1) is 12.3 Å². The van der Waals surface area contributed by atoms with Crippen LogP contribution < -0.4 is 5.32 Å². The molecule has 2 heterocycles. The molecule has 6 heteroatoms. The molecule has 1 N–H and O–H groups in total. The number of Topliss-reactive ketones (excluding diaryl/α,β-unsaturated/α-hetero) is 1. The van der Waals surface area contributed by atoms with Crippen molar-refractivity contribution in [1.82, 2.24) is 19.7 Å². The molecule has 6 nitrogen and oxygen atoms in total. The Balaban J connectivity index is 1.81. The highest BCUT2D eigenvalue weighted by Gasteiger charge is 2.36. The molecule has 0 unspecified atom stereocenters. The van der Waals surface area contributed by atoms with Crippen LogP contribution in [0.25, 0.3) is 0 Å². The number of aromatic nitrogens is 3. The van der Waals surface area contributed by atoms with Crippen molar-refractivity contribution in [1.29, 1.82) is 0 Å². The van der Waals surface area contributed by atoms with Gasteiger partial charge in [0.2, 0.25) is 5.91 Å². The molecule has 1 aliphatic carbocycles. The number of nitrogens with zero attached hydrogens (tertiary/aromatic N) is 3. The van der Waals surface area contributed by atoms with E-state index in [1.807, 2.05) is 26.1 Å². The standard InChI is InChI=1S/C22H32N4O2/c1-6-9-26-16(3)17(21-18(26)12-22(4,5)13-19(21)27)11-20(28)24-15(2)14-25-10-7-8-23-25/h7-8,10,15H,6,9,11-14H2,1-5H3,(H,24,28)/t15-/m0/s1. The first-order valence-corrected chi connectivity index (χ1v) is 10.2. The van der Waals surface area contributed by atoms with E-state index in [9.17, 15) is 9.59 Å². The normalized spacial score (nSPS) is 16.7. The van der Waals surface area contributed by atoms with Crippen molar-refractivity contribution in [3.8, 4) is 0 Å². The number of fused-ring (bicyclic) bond motifs is 1. The third kappa shape index (κ3) is 4.21. The van der Waals surface area contributed by atoms with Crippen molar-refractivity contribution in [2.75, 3.05) is 0 Å². The maximum atomic E-state index is 13.0. The SMILES string of the molecule is CCCn1c(C)c(CC(=O)N[C@@H](C)Cn2cccn2)c2c1CC(C)(C)CC2=O. The summed E-state index contributed by atoms with van der Waals surface area (Å²) in [5.41, 5.74) is 3.87. The first kappa shape index (κ1) is 20.4. The summed E-state index contributed by atoms with van der Waals surface area (Å²) in [4.78, 5) is 25.7. The molecule has 0 bridgehead atoms. The van der Waals surface area contributed by atoms with Crippen LogP contribution in [0.2, 0.25) is 0 Å². The molecule has 3 rings (SSSR count). The van der Waals surface area contributed by atoms with Crippen LogP contribution in [0.1, 0.15) is 67.8 Å². The van der Waals surface area contributed by atoms with Crippen molar-refractivity contribution in [3.63, 3.8) is 0 Å². The molecule has 2 aromatic heterocycles. The number of rotatable bonds is 7. The summed E-state index contributed by atoms with van der Waals surface area (Å²) < 4.78 is 4.07. The van der Waals surface area contributed by atoms with Gasteiger partial charge in [-0.2, -0.15) is 5.10 Å². The van der Waals surface area contributed by atoms with Crippen LogP contribution in [-0.2, 0) is 30.7 Å². The number of carbonyl (C=O) groups is 2. The van der Waals surface area contributed by atoms with E-state index in [2.05, 4.69) is 35.8 Å². The third-order valence-electron chi connectivity index (χ3n) is 5.53. The molecule has 0 aromatic carbocycles. The molecule has 1 atom stereocenters. The molecule has 28 heavy (non-hydrogen) atoms. The Bertz CT molecular complexity index is 862. The Labute approximate surface area is 167 Å². The van der Waals surface area contributed by atoms with Gasteiger partial charge in [-0.1, -0.05) is 20.8 Å². The van der Waals surface area contributed by atoms with E-state index in [0.717, 1.165) is 41.9 Å². The van der Waals surface area contributed by atoms with Gasteiger partial charge >= 0.3 is 0 Å². The molecule has 0 spiro atoms. The van der Waals surface area contributed by atoms with Crippen LogP contribution in [0.4, 0.5) is 0 Å². The van der Waals surface area contributed by atoms with E-state index in [0.29, 0.717) is 13.0 Å². The molecule has 0 aliphatic heterocycles. The summed E-state index contributed by atoms with van der Waals surface area (Å²) in [5, 5.41) is 7.24. The lowest BCUT2D eigenvalue weighted by atomic mass is 9.75. The first-order chi connectivity index (χ1) is 13.2. The molecule has 1 amide bonds. The number of nitrogens with one attached hydrogen (secondary N) is 1. The van der Waals surface area contributed by atoms with Crippen molar-refractivity contribution < 1.29 is 9.59 Å². The predicted molar refractivity (Wildman–Crippen MR) is 109 cm³/mol. The minimum Gasteiger partial charge on any atom is -0.351 e. The highest BCUT2D eigenvalue weighted by molar-refractivity contribution is 6.01. The fourth-order valence-electron chi connectivity index (χ4n) is 4.37. The van der Waals surface area contributed by atoms with Gasteiger partial charge in [-0.05, 0) is 43.7 Å². The molecule has 152 valence electrons. The fraction of sp³-hybridized carbons (Fsp3) is 0.591. The van der Waals surface area contributed by atoms with Gasteiger partial charge in [0.1, 0.15) is 0 Å². The van der Waals surface area contributed by atoms with Gasteiger partial charge in [-0.15, -0.1) is 0 Å². The van der Waals surface area contributed by atoms with Crippen molar-refractivity contribution in [2.45, 2.75) is 79.4 Å². The highest BCUT2D eigenvalue weighted by atomic mass is 16.1. The number of carbonyl (C=O) groups excluding carboxylic acids is 2. The molecular weight excluding hydrogens is 352 g/mol. The number of amides is 1. The Morgan fingerprint density at radius 1 is 1.36 bits per heavy atom. The van der Waals surface area contributed by atoms with Gasteiger partial charge in [-0.25, -0.2) is 0 Å². The van der Waals surface area contributed by atoms with E-state index in [4.69, 9.17) is 0 Å². The van der Waals surface area contributed by atoms with Gasteiger partial charge in [0.25, 0.3) is 0 Å². The van der Waals surface area contributed by atoms with Gasteiger partial charge in [0.15, 0.2) is 5.78 Å². The molecular formula is C22H32N4O2. The molecule has 0 fully saturated rings. The molecule has 0 saturated heterocycles. The molecule has 1 aliphatic rings. The van der Waals surface area contributed by atoms with Crippen LogP contribution in [0.15, 0.2) is 18.5 Å². The second-order valence-corrected chi connectivity index (χ2v) is 8.85. The summed E-state index contributed by atoms with van der Waals surface area (Å²) >= 11 is 0.